The molecule has 0 spiro atoms. The summed E-state index contributed by atoms with van der Waals surface area (Å²) in [6.07, 6.45) is 5.43. The minimum Gasteiger partial charge on any atom is -0.456 e. The van der Waals surface area contributed by atoms with Gasteiger partial charge in [0.05, 0.1) is 0 Å². The van der Waals surface area contributed by atoms with Crippen molar-refractivity contribution in [1.29, 1.82) is 0 Å². The van der Waals surface area contributed by atoms with Crippen molar-refractivity contribution in [2.75, 3.05) is 11.9 Å². The van der Waals surface area contributed by atoms with Gasteiger partial charge >= 0.3 is 5.97 Å². The van der Waals surface area contributed by atoms with E-state index < -0.39 is 0 Å². The Morgan fingerprint density at radius 3 is 2.83 bits per heavy atom. The van der Waals surface area contributed by atoms with Gasteiger partial charge in [-0.25, -0.2) is 0 Å². The Morgan fingerprint density at radius 2 is 2.13 bits per heavy atom. The van der Waals surface area contributed by atoms with E-state index in [0.29, 0.717) is 29.0 Å². The van der Waals surface area contributed by atoms with Crippen molar-refractivity contribution in [3.8, 4) is 0 Å². The quantitative estimate of drug-likeness (QED) is 0.829. The number of benzene rings is 1. The first-order chi connectivity index (χ1) is 11.0. The van der Waals surface area contributed by atoms with Crippen LogP contribution in [0.15, 0.2) is 18.2 Å². The number of carbonyl (C=O) groups excluding carboxylic acids is 2. The molecule has 2 bridgehead atoms. The summed E-state index contributed by atoms with van der Waals surface area (Å²) in [6.45, 7) is 1.59. The average molecular weight is 336 g/mol. The zero-order chi connectivity index (χ0) is 16.4. The number of hydrogen-bond donors (Lipinski definition) is 1. The molecule has 0 saturated heterocycles. The molecule has 1 aromatic carbocycles. The molecular formula is C18H22ClNO3. The van der Waals surface area contributed by atoms with Crippen molar-refractivity contribution >= 4 is 29.2 Å². The lowest BCUT2D eigenvalue weighted by Crippen LogP contribution is -2.23. The fourth-order valence-electron chi connectivity index (χ4n) is 3.97. The third kappa shape index (κ3) is 3.86. The molecule has 23 heavy (non-hydrogen) atoms. The largest absolute Gasteiger partial charge is 0.456 e. The van der Waals surface area contributed by atoms with E-state index in [4.69, 9.17) is 16.3 Å². The van der Waals surface area contributed by atoms with E-state index in [-0.39, 0.29) is 18.5 Å². The molecule has 4 nitrogen and oxygen atoms in total. The van der Waals surface area contributed by atoms with Crippen LogP contribution in [0.25, 0.3) is 0 Å². The molecule has 1 N–H and O–H groups in total. The van der Waals surface area contributed by atoms with Crippen LogP contribution in [0, 0.1) is 24.7 Å². The average Bonchev–Trinajstić information content (AvgIpc) is 3.12. The van der Waals surface area contributed by atoms with Gasteiger partial charge in [0.15, 0.2) is 6.61 Å². The number of halogens is 1. The van der Waals surface area contributed by atoms with Crippen LogP contribution in [0.1, 0.15) is 37.7 Å². The van der Waals surface area contributed by atoms with Crippen LogP contribution in [-0.2, 0) is 14.3 Å². The van der Waals surface area contributed by atoms with Crippen LogP contribution in [-0.4, -0.2) is 18.5 Å². The van der Waals surface area contributed by atoms with Crippen LogP contribution >= 0.6 is 11.6 Å². The van der Waals surface area contributed by atoms with E-state index in [1.165, 1.54) is 19.3 Å². The highest BCUT2D eigenvalue weighted by Gasteiger charge is 2.40. The number of ether oxygens (including phenoxy) is 1. The molecule has 2 aliphatic rings. The summed E-state index contributed by atoms with van der Waals surface area (Å²) < 4.78 is 5.13. The molecule has 3 rings (SSSR count). The molecule has 3 atom stereocenters. The predicted octanol–water partition coefficient (Wildman–Crippen LogP) is 3.96. The predicted molar refractivity (Wildman–Crippen MR) is 89.3 cm³/mol. The second-order valence-corrected chi connectivity index (χ2v) is 7.17. The van der Waals surface area contributed by atoms with Crippen LogP contribution in [0.5, 0.6) is 0 Å². The highest BCUT2D eigenvalue weighted by molar-refractivity contribution is 6.31. The number of nitrogens with one attached hydrogen (secondary N) is 1. The van der Waals surface area contributed by atoms with Gasteiger partial charge in [0, 0.05) is 17.1 Å². The molecule has 2 fully saturated rings. The molecule has 3 unspecified atom stereocenters. The molecule has 124 valence electrons. The Bertz CT molecular complexity index is 616. The molecule has 1 aromatic rings. The van der Waals surface area contributed by atoms with Crippen LogP contribution < -0.4 is 5.32 Å². The first kappa shape index (κ1) is 16.3. The summed E-state index contributed by atoms with van der Waals surface area (Å²) in [7, 11) is 0. The van der Waals surface area contributed by atoms with E-state index in [1.807, 2.05) is 6.92 Å². The Hall–Kier alpha value is -1.55. The topological polar surface area (TPSA) is 55.4 Å². The van der Waals surface area contributed by atoms with Crippen LogP contribution in [0.2, 0.25) is 5.02 Å². The normalized spacial score (nSPS) is 25.4. The Balaban J connectivity index is 1.43. The fourth-order valence-corrected chi connectivity index (χ4v) is 4.15. The molecule has 0 heterocycles. The van der Waals surface area contributed by atoms with E-state index in [1.54, 1.807) is 18.2 Å². The lowest BCUT2D eigenvalue weighted by molar-refractivity contribution is -0.148. The highest BCUT2D eigenvalue weighted by atomic mass is 35.5. The van der Waals surface area contributed by atoms with Crippen LogP contribution in [0.4, 0.5) is 5.69 Å². The van der Waals surface area contributed by atoms with Crippen molar-refractivity contribution in [3.63, 3.8) is 0 Å². The van der Waals surface area contributed by atoms with Crippen molar-refractivity contribution in [3.05, 3.63) is 28.8 Å². The molecule has 1 amide bonds. The second-order valence-electron chi connectivity index (χ2n) is 6.76. The summed E-state index contributed by atoms with van der Waals surface area (Å²) in [5.41, 5.74) is 1.45. The number of carbonyl (C=O) groups is 2. The molecule has 0 radical (unpaired) electrons. The maximum Gasteiger partial charge on any atom is 0.306 e. The third-order valence-electron chi connectivity index (χ3n) is 5.22. The molecule has 2 aliphatic carbocycles. The first-order valence-corrected chi connectivity index (χ1v) is 8.61. The minimum absolute atomic E-state index is 0.244. The lowest BCUT2D eigenvalue weighted by atomic mass is 9.86. The zero-order valence-electron chi connectivity index (χ0n) is 13.3. The van der Waals surface area contributed by atoms with E-state index in [2.05, 4.69) is 5.32 Å². The van der Waals surface area contributed by atoms with Gasteiger partial charge in [-0.3, -0.25) is 9.59 Å². The lowest BCUT2D eigenvalue weighted by Gasteiger charge is -2.20. The standard InChI is InChI=1S/C18H22ClNO3/c1-11-15(19)3-2-4-16(11)20-17(21)10-23-18(22)9-14-8-12-5-6-13(14)7-12/h2-4,12-14H,5-10H2,1H3,(H,20,21). The Morgan fingerprint density at radius 1 is 1.30 bits per heavy atom. The molecular weight excluding hydrogens is 314 g/mol. The van der Waals surface area contributed by atoms with Crippen molar-refractivity contribution < 1.29 is 14.3 Å². The molecule has 5 heteroatoms. The fraction of sp³-hybridized carbons (Fsp3) is 0.556. The maximum absolute atomic E-state index is 11.9. The van der Waals surface area contributed by atoms with Gasteiger partial charge < -0.3 is 10.1 Å². The summed E-state index contributed by atoms with van der Waals surface area (Å²) in [6, 6.07) is 5.31. The summed E-state index contributed by atoms with van der Waals surface area (Å²) >= 11 is 6.01. The summed E-state index contributed by atoms with van der Waals surface area (Å²) in [4.78, 5) is 23.8. The number of rotatable bonds is 5. The number of amides is 1. The van der Waals surface area contributed by atoms with E-state index in [9.17, 15) is 9.59 Å². The second kappa shape index (κ2) is 6.91. The van der Waals surface area contributed by atoms with Crippen LogP contribution in [0.3, 0.4) is 0 Å². The van der Waals surface area contributed by atoms with Crippen molar-refractivity contribution in [2.24, 2.45) is 17.8 Å². The van der Waals surface area contributed by atoms with Gasteiger partial charge in [0.1, 0.15) is 0 Å². The zero-order valence-corrected chi connectivity index (χ0v) is 14.1. The SMILES string of the molecule is Cc1c(Cl)cccc1NC(=O)COC(=O)CC1CC2CCC1C2. The smallest absolute Gasteiger partial charge is 0.306 e. The monoisotopic (exact) mass is 335 g/mol. The van der Waals surface area contributed by atoms with Crippen molar-refractivity contribution in [1.82, 2.24) is 0 Å². The van der Waals surface area contributed by atoms with Gasteiger partial charge in [-0.2, -0.15) is 0 Å². The number of anilines is 1. The maximum atomic E-state index is 11.9. The number of hydrogen-bond acceptors (Lipinski definition) is 3. The minimum atomic E-state index is -0.336. The third-order valence-corrected chi connectivity index (χ3v) is 5.63. The summed E-state index contributed by atoms with van der Waals surface area (Å²) in [5.74, 6) is 1.36. The van der Waals surface area contributed by atoms with Gasteiger partial charge in [0.25, 0.3) is 5.91 Å². The van der Waals surface area contributed by atoms with Gasteiger partial charge in [-0.15, -0.1) is 0 Å². The number of esters is 1. The summed E-state index contributed by atoms with van der Waals surface area (Å²) in [5, 5.41) is 3.32. The molecule has 2 saturated carbocycles. The first-order valence-electron chi connectivity index (χ1n) is 8.23. The highest BCUT2D eigenvalue weighted by Crippen LogP contribution is 2.49. The Labute approximate surface area is 141 Å². The molecule has 0 aliphatic heterocycles. The van der Waals surface area contributed by atoms with Gasteiger partial charge in [-0.05, 0) is 61.6 Å². The molecule has 0 aromatic heterocycles. The van der Waals surface area contributed by atoms with Gasteiger partial charge in [-0.1, -0.05) is 24.1 Å². The van der Waals surface area contributed by atoms with Gasteiger partial charge in [0.2, 0.25) is 0 Å². The number of fused-ring (bicyclic) bond motifs is 2. The van der Waals surface area contributed by atoms with Crippen molar-refractivity contribution in [2.45, 2.75) is 39.0 Å². The van der Waals surface area contributed by atoms with E-state index >= 15 is 0 Å². The van der Waals surface area contributed by atoms with E-state index in [0.717, 1.165) is 17.9 Å². The Kier molecular flexibility index (Phi) is 4.90.